The van der Waals surface area contributed by atoms with Gasteiger partial charge in [0.2, 0.25) is 5.91 Å². The lowest BCUT2D eigenvalue weighted by Crippen LogP contribution is -2.51. The number of nitrogens with two attached hydrogens (primary N) is 1. The van der Waals surface area contributed by atoms with Gasteiger partial charge in [-0.3, -0.25) is 4.79 Å². The van der Waals surface area contributed by atoms with Crippen LogP contribution in [0.25, 0.3) is 0 Å². The minimum Gasteiger partial charge on any atom is -0.338 e. The highest BCUT2D eigenvalue weighted by Gasteiger charge is 2.30. The molecule has 4 heteroatoms. The summed E-state index contributed by atoms with van der Waals surface area (Å²) in [4.78, 5) is 14.2. The first-order valence-electron chi connectivity index (χ1n) is 6.23. The maximum atomic E-state index is 12.3. The van der Waals surface area contributed by atoms with Crippen molar-refractivity contribution in [3.63, 3.8) is 0 Å². The first kappa shape index (κ1) is 12.6. The van der Waals surface area contributed by atoms with Gasteiger partial charge < -0.3 is 10.6 Å². The second-order valence-corrected chi connectivity index (χ2v) is 5.60. The van der Waals surface area contributed by atoms with Gasteiger partial charge in [-0.05, 0) is 41.1 Å². The second-order valence-electron chi connectivity index (χ2n) is 4.82. The van der Waals surface area contributed by atoms with E-state index < -0.39 is 0 Å². The molecule has 0 spiro atoms. The number of carbonyl (C=O) groups excluding carboxylic acids is 1. The molecule has 2 atom stereocenters. The maximum Gasteiger partial charge on any atom is 0.227 e. The summed E-state index contributed by atoms with van der Waals surface area (Å²) >= 11 is 1.64. The number of carbonyl (C=O) groups is 1. The van der Waals surface area contributed by atoms with Crippen LogP contribution in [-0.4, -0.2) is 29.9 Å². The first-order valence-corrected chi connectivity index (χ1v) is 7.17. The summed E-state index contributed by atoms with van der Waals surface area (Å²) in [5.41, 5.74) is 6.92. The number of amides is 1. The molecule has 0 aromatic carbocycles. The van der Waals surface area contributed by atoms with Gasteiger partial charge in [0, 0.05) is 19.1 Å². The van der Waals surface area contributed by atoms with Crippen molar-refractivity contribution in [2.45, 2.75) is 32.2 Å². The molecule has 2 N–H and O–H groups in total. The normalized spacial score (nSPS) is 24.9. The third-order valence-corrected chi connectivity index (χ3v) is 4.35. The topological polar surface area (TPSA) is 46.3 Å². The van der Waals surface area contributed by atoms with Crippen LogP contribution in [0.15, 0.2) is 16.8 Å². The molecule has 1 amide bonds. The van der Waals surface area contributed by atoms with Crippen molar-refractivity contribution in [1.82, 2.24) is 4.90 Å². The summed E-state index contributed by atoms with van der Waals surface area (Å²) in [6, 6.07) is 2.25. The van der Waals surface area contributed by atoms with E-state index in [1.54, 1.807) is 11.3 Å². The molecule has 1 aliphatic rings. The summed E-state index contributed by atoms with van der Waals surface area (Å²) in [5.74, 6) is 0.755. The standard InChI is InChI=1S/C13H20N2OS/c1-10-3-2-5-15(12(10)8-14)13(16)7-11-4-6-17-9-11/h4,6,9-10,12H,2-3,5,7-8,14H2,1H3/t10-,12-/m1/s1. The zero-order valence-electron chi connectivity index (χ0n) is 10.3. The highest BCUT2D eigenvalue weighted by Crippen LogP contribution is 2.23. The molecule has 2 rings (SSSR count). The lowest BCUT2D eigenvalue weighted by Gasteiger charge is -2.39. The van der Waals surface area contributed by atoms with Gasteiger partial charge in [0.15, 0.2) is 0 Å². The van der Waals surface area contributed by atoms with Crippen LogP contribution in [0, 0.1) is 5.92 Å². The molecule has 3 nitrogen and oxygen atoms in total. The number of nitrogens with zero attached hydrogens (tertiary/aromatic N) is 1. The monoisotopic (exact) mass is 252 g/mol. The molecule has 0 bridgehead atoms. The van der Waals surface area contributed by atoms with E-state index in [9.17, 15) is 4.79 Å². The van der Waals surface area contributed by atoms with Crippen LogP contribution in [0.2, 0.25) is 0 Å². The average molecular weight is 252 g/mol. The lowest BCUT2D eigenvalue weighted by molar-refractivity contribution is -0.135. The Hall–Kier alpha value is -0.870. The SMILES string of the molecule is C[C@@H]1CCCN(C(=O)Cc2ccsc2)[C@@H]1CN. The predicted octanol–water partition coefficient (Wildman–Crippen LogP) is 1.88. The van der Waals surface area contributed by atoms with Gasteiger partial charge in [0.1, 0.15) is 0 Å². The molecule has 0 unspecified atom stereocenters. The van der Waals surface area contributed by atoms with E-state index in [0.717, 1.165) is 18.5 Å². The molecule has 1 aliphatic heterocycles. The van der Waals surface area contributed by atoms with Crippen molar-refractivity contribution in [3.8, 4) is 0 Å². The van der Waals surface area contributed by atoms with Crippen LogP contribution in [0.1, 0.15) is 25.3 Å². The number of piperidine rings is 1. The van der Waals surface area contributed by atoms with E-state index in [2.05, 4.69) is 6.92 Å². The molecular formula is C13H20N2OS. The number of thiophene rings is 1. The van der Waals surface area contributed by atoms with Gasteiger partial charge in [-0.15, -0.1) is 0 Å². The first-order chi connectivity index (χ1) is 8.22. The van der Waals surface area contributed by atoms with E-state index in [1.807, 2.05) is 21.7 Å². The fourth-order valence-electron chi connectivity index (χ4n) is 2.59. The van der Waals surface area contributed by atoms with Gasteiger partial charge in [0.25, 0.3) is 0 Å². The van der Waals surface area contributed by atoms with Gasteiger partial charge >= 0.3 is 0 Å². The smallest absolute Gasteiger partial charge is 0.227 e. The zero-order valence-corrected chi connectivity index (χ0v) is 11.1. The van der Waals surface area contributed by atoms with E-state index in [0.29, 0.717) is 18.9 Å². The summed E-state index contributed by atoms with van der Waals surface area (Å²) < 4.78 is 0. The fourth-order valence-corrected chi connectivity index (χ4v) is 3.26. The number of likely N-dealkylation sites (tertiary alicyclic amines) is 1. The van der Waals surface area contributed by atoms with E-state index in [-0.39, 0.29) is 11.9 Å². The fraction of sp³-hybridized carbons (Fsp3) is 0.615. The van der Waals surface area contributed by atoms with E-state index in [1.165, 1.54) is 6.42 Å². The maximum absolute atomic E-state index is 12.3. The highest BCUT2D eigenvalue weighted by atomic mass is 32.1. The van der Waals surface area contributed by atoms with Crippen molar-refractivity contribution in [2.75, 3.05) is 13.1 Å². The summed E-state index contributed by atoms with van der Waals surface area (Å²) in [5, 5.41) is 4.06. The Bertz CT molecular complexity index is 364. The molecule has 94 valence electrons. The largest absolute Gasteiger partial charge is 0.338 e. The molecule has 0 saturated carbocycles. The molecule has 1 aromatic heterocycles. The third kappa shape index (κ3) is 2.87. The van der Waals surface area contributed by atoms with Crippen LogP contribution in [0.5, 0.6) is 0 Å². The van der Waals surface area contributed by atoms with Crippen molar-refractivity contribution in [1.29, 1.82) is 0 Å². The number of hydrogen-bond donors (Lipinski definition) is 1. The molecule has 1 aromatic rings. The van der Waals surface area contributed by atoms with Gasteiger partial charge in [0.05, 0.1) is 6.42 Å². The molecule has 1 saturated heterocycles. The Labute approximate surface area is 107 Å². The summed E-state index contributed by atoms with van der Waals surface area (Å²) in [6.07, 6.45) is 2.81. The second kappa shape index (κ2) is 5.65. The van der Waals surface area contributed by atoms with Crippen molar-refractivity contribution >= 4 is 17.2 Å². The Morgan fingerprint density at radius 2 is 2.47 bits per heavy atom. The molecule has 0 aliphatic carbocycles. The predicted molar refractivity (Wildman–Crippen MR) is 71.0 cm³/mol. The zero-order chi connectivity index (χ0) is 12.3. The number of hydrogen-bond acceptors (Lipinski definition) is 3. The quantitative estimate of drug-likeness (QED) is 0.892. The van der Waals surface area contributed by atoms with Gasteiger partial charge in [-0.25, -0.2) is 0 Å². The van der Waals surface area contributed by atoms with Gasteiger partial charge in [-0.2, -0.15) is 11.3 Å². The van der Waals surface area contributed by atoms with Crippen LogP contribution >= 0.6 is 11.3 Å². The van der Waals surface area contributed by atoms with Crippen molar-refractivity contribution in [3.05, 3.63) is 22.4 Å². The van der Waals surface area contributed by atoms with E-state index >= 15 is 0 Å². The average Bonchev–Trinajstić information content (AvgIpc) is 2.81. The van der Waals surface area contributed by atoms with Crippen LogP contribution in [0.4, 0.5) is 0 Å². The molecular weight excluding hydrogens is 232 g/mol. The molecule has 2 heterocycles. The lowest BCUT2D eigenvalue weighted by atomic mass is 9.90. The van der Waals surface area contributed by atoms with Crippen molar-refractivity contribution in [2.24, 2.45) is 11.7 Å². The summed E-state index contributed by atoms with van der Waals surface area (Å²) in [6.45, 7) is 3.65. The third-order valence-electron chi connectivity index (χ3n) is 3.61. The Kier molecular flexibility index (Phi) is 4.18. The minimum atomic E-state index is 0.227. The van der Waals surface area contributed by atoms with Crippen LogP contribution in [-0.2, 0) is 11.2 Å². The van der Waals surface area contributed by atoms with Crippen LogP contribution in [0.3, 0.4) is 0 Å². The van der Waals surface area contributed by atoms with E-state index in [4.69, 9.17) is 5.73 Å². The van der Waals surface area contributed by atoms with Crippen LogP contribution < -0.4 is 5.73 Å². The Balaban J connectivity index is 2.02. The molecule has 17 heavy (non-hydrogen) atoms. The molecule has 0 radical (unpaired) electrons. The molecule has 1 fully saturated rings. The summed E-state index contributed by atoms with van der Waals surface area (Å²) in [7, 11) is 0. The Morgan fingerprint density at radius 3 is 3.12 bits per heavy atom. The number of rotatable bonds is 3. The Morgan fingerprint density at radius 1 is 1.65 bits per heavy atom. The van der Waals surface area contributed by atoms with Crippen molar-refractivity contribution < 1.29 is 4.79 Å². The minimum absolute atomic E-state index is 0.227. The van der Waals surface area contributed by atoms with Gasteiger partial charge in [-0.1, -0.05) is 6.92 Å². The highest BCUT2D eigenvalue weighted by molar-refractivity contribution is 7.07.